The van der Waals surface area contributed by atoms with Crippen LogP contribution in [0.5, 0.6) is 0 Å². The van der Waals surface area contributed by atoms with Crippen LogP contribution in [0.1, 0.15) is 12.0 Å². The monoisotopic (exact) mass is 240 g/mol. The molecule has 0 aromatic heterocycles. The van der Waals surface area contributed by atoms with Gasteiger partial charge in [-0.15, -0.1) is 11.6 Å². The normalized spacial score (nSPS) is 19.1. The predicted octanol–water partition coefficient (Wildman–Crippen LogP) is 2.33. The van der Waals surface area contributed by atoms with E-state index in [0.717, 1.165) is 11.3 Å². The molecule has 0 aliphatic carbocycles. The number of rotatable bonds is 3. The van der Waals surface area contributed by atoms with Crippen LogP contribution >= 0.6 is 11.6 Å². The van der Waals surface area contributed by atoms with Crippen LogP contribution in [-0.2, 0) is 4.84 Å². The van der Waals surface area contributed by atoms with Crippen LogP contribution in [0.4, 0.5) is 5.69 Å². The van der Waals surface area contributed by atoms with Crippen molar-refractivity contribution >= 4 is 23.0 Å². The molecule has 1 atom stereocenters. The van der Waals surface area contributed by atoms with Gasteiger partial charge in [-0.2, -0.15) is 0 Å². The number of oxime groups is 1. The summed E-state index contributed by atoms with van der Waals surface area (Å²) in [6.45, 7) is 0. The molecule has 0 saturated carbocycles. The fraction of sp³-hybridized carbons (Fsp3) is 0.300. The number of benzene rings is 1. The van der Waals surface area contributed by atoms with Gasteiger partial charge < -0.3 is 4.84 Å². The van der Waals surface area contributed by atoms with Gasteiger partial charge in [0, 0.05) is 18.6 Å². The Bertz CT molecular complexity index is 430. The molecule has 0 amide bonds. The highest BCUT2D eigenvalue weighted by molar-refractivity contribution is 6.18. The van der Waals surface area contributed by atoms with Crippen molar-refractivity contribution in [3.63, 3.8) is 0 Å². The lowest BCUT2D eigenvalue weighted by Crippen LogP contribution is -2.09. The van der Waals surface area contributed by atoms with Gasteiger partial charge in [0.1, 0.15) is 6.10 Å². The molecule has 1 aliphatic rings. The standard InChI is InChI=1S/C10H9ClN2O3/c11-6-9-5-10(12-16-9)7-1-3-8(4-2-7)13(14)15/h1-4,9H,5-6H2. The Kier molecular flexibility index (Phi) is 3.05. The number of nitrogens with zero attached hydrogens (tertiary/aromatic N) is 2. The number of non-ortho nitro benzene ring substituents is 1. The Morgan fingerprint density at radius 1 is 1.50 bits per heavy atom. The van der Waals surface area contributed by atoms with Crippen LogP contribution in [0.25, 0.3) is 0 Å². The predicted molar refractivity (Wildman–Crippen MR) is 59.8 cm³/mol. The van der Waals surface area contributed by atoms with Gasteiger partial charge >= 0.3 is 0 Å². The van der Waals surface area contributed by atoms with Crippen molar-refractivity contribution in [3.8, 4) is 0 Å². The van der Waals surface area contributed by atoms with E-state index in [2.05, 4.69) is 5.16 Å². The summed E-state index contributed by atoms with van der Waals surface area (Å²) in [5.41, 5.74) is 1.68. The summed E-state index contributed by atoms with van der Waals surface area (Å²) in [5, 5.41) is 14.4. The average Bonchev–Trinajstić information content (AvgIpc) is 2.77. The maximum absolute atomic E-state index is 10.5. The molecule has 84 valence electrons. The van der Waals surface area contributed by atoms with E-state index in [-0.39, 0.29) is 11.8 Å². The number of halogens is 1. The summed E-state index contributed by atoms with van der Waals surface area (Å²) in [4.78, 5) is 15.1. The van der Waals surface area contributed by atoms with E-state index in [0.29, 0.717) is 12.3 Å². The van der Waals surface area contributed by atoms with E-state index >= 15 is 0 Å². The molecule has 1 aliphatic heterocycles. The molecule has 1 unspecified atom stereocenters. The Hall–Kier alpha value is -1.62. The molecule has 0 radical (unpaired) electrons. The fourth-order valence-corrected chi connectivity index (χ4v) is 1.62. The largest absolute Gasteiger partial charge is 0.391 e. The Morgan fingerprint density at radius 2 is 2.19 bits per heavy atom. The Balaban J connectivity index is 2.14. The first kappa shape index (κ1) is 10.9. The van der Waals surface area contributed by atoms with Crippen LogP contribution in [0, 0.1) is 10.1 Å². The molecule has 1 heterocycles. The average molecular weight is 241 g/mol. The summed E-state index contributed by atoms with van der Waals surface area (Å²) in [7, 11) is 0. The third kappa shape index (κ3) is 2.14. The van der Waals surface area contributed by atoms with E-state index in [1.807, 2.05) is 0 Å². The number of nitro benzene ring substituents is 1. The minimum atomic E-state index is -0.432. The summed E-state index contributed by atoms with van der Waals surface area (Å²) in [6, 6.07) is 6.23. The van der Waals surface area contributed by atoms with Gasteiger partial charge in [-0.25, -0.2) is 0 Å². The second kappa shape index (κ2) is 4.49. The van der Waals surface area contributed by atoms with Gasteiger partial charge in [-0.1, -0.05) is 5.16 Å². The molecule has 1 aromatic carbocycles. The lowest BCUT2D eigenvalue weighted by atomic mass is 10.1. The Morgan fingerprint density at radius 3 is 2.69 bits per heavy atom. The van der Waals surface area contributed by atoms with E-state index < -0.39 is 4.92 Å². The van der Waals surface area contributed by atoms with Crippen LogP contribution in [0.15, 0.2) is 29.4 Å². The highest BCUT2D eigenvalue weighted by Gasteiger charge is 2.21. The summed E-state index contributed by atoms with van der Waals surface area (Å²) in [5.74, 6) is 0.389. The molecule has 1 aromatic rings. The SMILES string of the molecule is O=[N+]([O-])c1ccc(C2=NOC(CCl)C2)cc1. The molecule has 0 saturated heterocycles. The van der Waals surface area contributed by atoms with Crippen LogP contribution in [-0.4, -0.2) is 22.6 Å². The first-order valence-electron chi connectivity index (χ1n) is 4.74. The van der Waals surface area contributed by atoms with Crippen LogP contribution < -0.4 is 0 Å². The molecule has 2 rings (SSSR count). The zero-order valence-electron chi connectivity index (χ0n) is 8.30. The van der Waals surface area contributed by atoms with Crippen molar-refractivity contribution in [1.29, 1.82) is 0 Å². The number of hydrogen-bond donors (Lipinski definition) is 0. The van der Waals surface area contributed by atoms with Crippen molar-refractivity contribution in [2.45, 2.75) is 12.5 Å². The van der Waals surface area contributed by atoms with Gasteiger partial charge in [-0.3, -0.25) is 10.1 Å². The molecule has 0 spiro atoms. The van der Waals surface area contributed by atoms with E-state index in [9.17, 15) is 10.1 Å². The summed E-state index contributed by atoms with van der Waals surface area (Å²) >= 11 is 5.64. The quantitative estimate of drug-likeness (QED) is 0.463. The van der Waals surface area contributed by atoms with Gasteiger partial charge in [0.25, 0.3) is 5.69 Å². The zero-order chi connectivity index (χ0) is 11.5. The lowest BCUT2D eigenvalue weighted by molar-refractivity contribution is -0.384. The second-order valence-corrected chi connectivity index (χ2v) is 3.74. The maximum atomic E-state index is 10.5. The number of nitro groups is 1. The molecule has 0 fully saturated rings. The first-order valence-corrected chi connectivity index (χ1v) is 5.27. The fourth-order valence-electron chi connectivity index (χ4n) is 1.46. The molecular weight excluding hydrogens is 232 g/mol. The van der Waals surface area contributed by atoms with Gasteiger partial charge in [0.15, 0.2) is 0 Å². The van der Waals surface area contributed by atoms with Crippen molar-refractivity contribution in [2.24, 2.45) is 5.16 Å². The zero-order valence-corrected chi connectivity index (χ0v) is 9.05. The van der Waals surface area contributed by atoms with Crippen molar-refractivity contribution in [1.82, 2.24) is 0 Å². The number of alkyl halides is 1. The summed E-state index contributed by atoms with van der Waals surface area (Å²) in [6.07, 6.45) is 0.549. The minimum Gasteiger partial charge on any atom is -0.391 e. The van der Waals surface area contributed by atoms with Gasteiger partial charge in [0.2, 0.25) is 0 Å². The van der Waals surface area contributed by atoms with Crippen LogP contribution in [0.2, 0.25) is 0 Å². The van der Waals surface area contributed by atoms with Gasteiger partial charge in [-0.05, 0) is 17.7 Å². The van der Waals surface area contributed by atoms with Crippen molar-refractivity contribution in [2.75, 3.05) is 5.88 Å². The van der Waals surface area contributed by atoms with E-state index in [4.69, 9.17) is 16.4 Å². The van der Waals surface area contributed by atoms with E-state index in [1.54, 1.807) is 12.1 Å². The topological polar surface area (TPSA) is 64.7 Å². The minimum absolute atomic E-state index is 0.0668. The molecule has 6 heteroatoms. The number of hydrogen-bond acceptors (Lipinski definition) is 4. The molecular formula is C10H9ClN2O3. The second-order valence-electron chi connectivity index (χ2n) is 3.43. The highest BCUT2D eigenvalue weighted by Crippen LogP contribution is 2.19. The molecule has 0 bridgehead atoms. The maximum Gasteiger partial charge on any atom is 0.269 e. The Labute approximate surface area is 96.8 Å². The molecule has 16 heavy (non-hydrogen) atoms. The van der Waals surface area contributed by atoms with E-state index in [1.165, 1.54) is 12.1 Å². The van der Waals surface area contributed by atoms with Gasteiger partial charge in [0.05, 0.1) is 16.5 Å². The van der Waals surface area contributed by atoms with Crippen molar-refractivity contribution in [3.05, 3.63) is 39.9 Å². The third-order valence-corrected chi connectivity index (χ3v) is 2.66. The van der Waals surface area contributed by atoms with Crippen molar-refractivity contribution < 1.29 is 9.76 Å². The van der Waals surface area contributed by atoms with Crippen LogP contribution in [0.3, 0.4) is 0 Å². The molecule has 5 nitrogen and oxygen atoms in total. The molecule has 0 N–H and O–H groups in total. The highest BCUT2D eigenvalue weighted by atomic mass is 35.5. The smallest absolute Gasteiger partial charge is 0.269 e. The lowest BCUT2D eigenvalue weighted by Gasteiger charge is -2.00. The summed E-state index contributed by atoms with van der Waals surface area (Å²) < 4.78 is 0. The third-order valence-electron chi connectivity index (χ3n) is 2.32. The first-order chi connectivity index (χ1) is 7.70.